The van der Waals surface area contributed by atoms with Crippen LogP contribution in [0.4, 0.5) is 10.9 Å². The second-order valence-electron chi connectivity index (χ2n) is 6.33. The van der Waals surface area contributed by atoms with Gasteiger partial charge >= 0.3 is 0 Å². The molecule has 0 unspecified atom stereocenters. The minimum absolute atomic E-state index is 0.494. The summed E-state index contributed by atoms with van der Waals surface area (Å²) in [5.74, 6) is 3.48. The first-order chi connectivity index (χ1) is 12.8. The Bertz CT molecular complexity index is 865. The molecule has 1 aliphatic carbocycles. The van der Waals surface area contributed by atoms with Gasteiger partial charge in [0.15, 0.2) is 11.6 Å². The van der Waals surface area contributed by atoms with E-state index in [0.717, 1.165) is 21.2 Å². The second-order valence-corrected chi connectivity index (χ2v) is 8.00. The van der Waals surface area contributed by atoms with E-state index in [2.05, 4.69) is 35.6 Å². The number of anilines is 2. The van der Waals surface area contributed by atoms with Gasteiger partial charge in [-0.15, -0.1) is 0 Å². The number of pyridine rings is 1. The molecule has 4 rings (SSSR count). The van der Waals surface area contributed by atoms with Crippen molar-refractivity contribution in [3.05, 3.63) is 52.9 Å². The largest absolute Gasteiger partial charge is 0.453 e. The highest BCUT2D eigenvalue weighted by atomic mass is 79.9. The van der Waals surface area contributed by atoms with Gasteiger partial charge in [-0.1, -0.05) is 37.5 Å². The first kappa shape index (κ1) is 17.4. The third kappa shape index (κ3) is 4.22. The minimum Gasteiger partial charge on any atom is -0.453 e. The van der Waals surface area contributed by atoms with Crippen molar-refractivity contribution in [1.29, 1.82) is 0 Å². The molecule has 3 aromatic rings. The molecular weight excluding hydrogens is 412 g/mol. The first-order valence-electron chi connectivity index (χ1n) is 8.77. The molecule has 2 heterocycles. The monoisotopic (exact) mass is 430 g/mol. The number of ether oxygens (including phenoxy) is 1. The zero-order valence-electron chi connectivity index (χ0n) is 14.2. The number of rotatable bonds is 5. The van der Waals surface area contributed by atoms with Gasteiger partial charge in [-0.3, -0.25) is 0 Å². The molecule has 1 fully saturated rings. The van der Waals surface area contributed by atoms with Crippen LogP contribution in [-0.4, -0.2) is 14.3 Å². The lowest BCUT2D eigenvalue weighted by Crippen LogP contribution is -2.06. The molecule has 1 N–H and O–H groups in total. The van der Waals surface area contributed by atoms with Crippen LogP contribution in [0.2, 0.25) is 0 Å². The van der Waals surface area contributed by atoms with Crippen molar-refractivity contribution in [3.8, 4) is 11.5 Å². The van der Waals surface area contributed by atoms with Gasteiger partial charge in [-0.25, -0.2) is 9.97 Å². The van der Waals surface area contributed by atoms with Crippen LogP contribution < -0.4 is 10.1 Å². The Morgan fingerprint density at radius 1 is 1.12 bits per heavy atom. The fourth-order valence-corrected chi connectivity index (χ4v) is 4.08. The molecule has 2 aromatic heterocycles. The van der Waals surface area contributed by atoms with Crippen molar-refractivity contribution in [2.45, 2.75) is 38.0 Å². The summed E-state index contributed by atoms with van der Waals surface area (Å²) in [6.45, 7) is 0. The first-order valence-corrected chi connectivity index (χ1v) is 10.3. The molecule has 26 heavy (non-hydrogen) atoms. The second kappa shape index (κ2) is 8.14. The quantitative estimate of drug-likeness (QED) is 0.515. The maximum absolute atomic E-state index is 5.99. The van der Waals surface area contributed by atoms with Gasteiger partial charge in [0.05, 0.1) is 0 Å². The Hall–Kier alpha value is -1.99. The Morgan fingerprint density at radius 3 is 2.73 bits per heavy atom. The molecule has 1 aromatic carbocycles. The van der Waals surface area contributed by atoms with E-state index in [0.29, 0.717) is 17.5 Å². The van der Waals surface area contributed by atoms with E-state index in [-0.39, 0.29) is 0 Å². The highest BCUT2D eigenvalue weighted by molar-refractivity contribution is 9.10. The van der Waals surface area contributed by atoms with Crippen molar-refractivity contribution in [2.75, 3.05) is 5.32 Å². The molecule has 5 nitrogen and oxygen atoms in total. The summed E-state index contributed by atoms with van der Waals surface area (Å²) in [6, 6.07) is 11.6. The van der Waals surface area contributed by atoms with Crippen LogP contribution in [0.5, 0.6) is 11.5 Å². The molecule has 134 valence electrons. The van der Waals surface area contributed by atoms with E-state index in [1.54, 1.807) is 6.20 Å². The molecular formula is C19H19BrN4OS. The van der Waals surface area contributed by atoms with Crippen LogP contribution in [-0.2, 0) is 0 Å². The summed E-state index contributed by atoms with van der Waals surface area (Å²) >= 11 is 4.83. The van der Waals surface area contributed by atoms with Gasteiger partial charge < -0.3 is 10.1 Å². The number of hydrogen-bond donors (Lipinski definition) is 1. The molecule has 0 atom stereocenters. The van der Waals surface area contributed by atoms with Gasteiger partial charge in [0.1, 0.15) is 11.6 Å². The molecule has 0 spiro atoms. The van der Waals surface area contributed by atoms with Crippen LogP contribution in [0, 0.1) is 0 Å². The number of nitrogens with zero attached hydrogens (tertiary/aromatic N) is 3. The average Bonchev–Trinajstić information content (AvgIpc) is 3.14. The average molecular weight is 431 g/mol. The van der Waals surface area contributed by atoms with Gasteiger partial charge in [0, 0.05) is 34.2 Å². The maximum Gasteiger partial charge on any atom is 0.208 e. The van der Waals surface area contributed by atoms with Gasteiger partial charge in [0.2, 0.25) is 5.13 Å². The van der Waals surface area contributed by atoms with Crippen molar-refractivity contribution >= 4 is 38.4 Å². The lowest BCUT2D eigenvalue weighted by Gasteiger charge is -2.18. The number of aromatic nitrogens is 3. The topological polar surface area (TPSA) is 59.9 Å². The maximum atomic E-state index is 5.99. The SMILES string of the molecule is Brc1cnc(Nc2nc(C3CCCCC3)ns2)c(Oc2ccccc2)c1. The number of halogens is 1. The fraction of sp³-hybridized carbons (Fsp3) is 0.316. The van der Waals surface area contributed by atoms with Crippen molar-refractivity contribution in [1.82, 2.24) is 14.3 Å². The summed E-state index contributed by atoms with van der Waals surface area (Å²) < 4.78 is 11.4. The molecule has 1 saturated carbocycles. The minimum atomic E-state index is 0.494. The lowest BCUT2D eigenvalue weighted by molar-refractivity contribution is 0.432. The summed E-state index contributed by atoms with van der Waals surface area (Å²) in [7, 11) is 0. The zero-order chi connectivity index (χ0) is 17.8. The van der Waals surface area contributed by atoms with E-state index in [9.17, 15) is 0 Å². The Kier molecular flexibility index (Phi) is 5.45. The fourth-order valence-electron chi connectivity index (χ4n) is 3.12. The Labute approximate surface area is 165 Å². The van der Waals surface area contributed by atoms with E-state index in [1.165, 1.54) is 43.6 Å². The van der Waals surface area contributed by atoms with Crippen molar-refractivity contribution in [2.24, 2.45) is 0 Å². The van der Waals surface area contributed by atoms with Gasteiger partial charge in [0.25, 0.3) is 0 Å². The predicted octanol–water partition coefficient (Wildman–Crippen LogP) is 6.28. The summed E-state index contributed by atoms with van der Waals surface area (Å²) in [6.07, 6.45) is 7.99. The Morgan fingerprint density at radius 2 is 1.92 bits per heavy atom. The summed E-state index contributed by atoms with van der Waals surface area (Å²) in [5.41, 5.74) is 0. The van der Waals surface area contributed by atoms with Gasteiger partial charge in [-0.05, 0) is 40.9 Å². The highest BCUT2D eigenvalue weighted by Gasteiger charge is 2.20. The van der Waals surface area contributed by atoms with Crippen LogP contribution in [0.15, 0.2) is 47.1 Å². The standard InChI is InChI=1S/C19H19BrN4OS/c20-14-11-16(25-15-9-5-2-6-10-15)18(21-12-14)23-19-22-17(24-26-19)13-7-3-1-4-8-13/h2,5-6,9-13H,1,3-4,7-8H2,(H,21,22,23,24). The number of para-hydroxylation sites is 1. The molecule has 0 bridgehead atoms. The van der Waals surface area contributed by atoms with E-state index in [1.807, 2.05) is 36.4 Å². The van der Waals surface area contributed by atoms with Crippen LogP contribution in [0.1, 0.15) is 43.8 Å². The van der Waals surface area contributed by atoms with Crippen LogP contribution in [0.3, 0.4) is 0 Å². The van der Waals surface area contributed by atoms with E-state index in [4.69, 9.17) is 4.74 Å². The molecule has 1 aliphatic rings. The normalized spacial score (nSPS) is 15.0. The molecule has 0 amide bonds. The van der Waals surface area contributed by atoms with E-state index < -0.39 is 0 Å². The summed E-state index contributed by atoms with van der Waals surface area (Å²) in [5, 5.41) is 4.02. The molecule has 7 heteroatoms. The summed E-state index contributed by atoms with van der Waals surface area (Å²) in [4.78, 5) is 9.14. The third-order valence-corrected chi connectivity index (χ3v) is 5.51. The number of benzene rings is 1. The molecule has 0 saturated heterocycles. The van der Waals surface area contributed by atoms with Gasteiger partial charge in [-0.2, -0.15) is 4.37 Å². The smallest absolute Gasteiger partial charge is 0.208 e. The van der Waals surface area contributed by atoms with Crippen LogP contribution in [0.25, 0.3) is 0 Å². The van der Waals surface area contributed by atoms with Crippen LogP contribution >= 0.6 is 27.5 Å². The highest BCUT2D eigenvalue weighted by Crippen LogP contribution is 2.35. The third-order valence-electron chi connectivity index (χ3n) is 4.43. The Balaban J connectivity index is 1.53. The van der Waals surface area contributed by atoms with Crippen molar-refractivity contribution < 1.29 is 4.74 Å². The molecule has 0 radical (unpaired) electrons. The van der Waals surface area contributed by atoms with Crippen molar-refractivity contribution in [3.63, 3.8) is 0 Å². The number of hydrogen-bond acceptors (Lipinski definition) is 6. The predicted molar refractivity (Wildman–Crippen MR) is 107 cm³/mol. The zero-order valence-corrected chi connectivity index (χ0v) is 16.6. The molecule has 0 aliphatic heterocycles. The lowest BCUT2D eigenvalue weighted by atomic mass is 9.89. The van der Waals surface area contributed by atoms with E-state index >= 15 is 0 Å². The number of nitrogens with one attached hydrogen (secondary N) is 1.